The largest absolute Gasteiger partial charge is 0.393 e. The first-order valence-corrected chi connectivity index (χ1v) is 6.32. The highest BCUT2D eigenvalue weighted by Crippen LogP contribution is 2.21. The number of hydrogen-bond donors (Lipinski definition) is 1. The van der Waals surface area contributed by atoms with Crippen molar-refractivity contribution in [3.05, 3.63) is 33.9 Å². The highest BCUT2D eigenvalue weighted by molar-refractivity contribution is 5.72. The second-order valence-electron chi connectivity index (χ2n) is 3.23. The van der Waals surface area contributed by atoms with Gasteiger partial charge in [-0.05, 0) is 32.4 Å². The summed E-state index contributed by atoms with van der Waals surface area (Å²) in [6, 6.07) is 4.73. The molecular weight excluding hydrogens is 244 g/mol. The van der Waals surface area contributed by atoms with Crippen molar-refractivity contribution >= 4 is 17.2 Å². The van der Waals surface area contributed by atoms with Crippen LogP contribution in [0.3, 0.4) is 0 Å². The van der Waals surface area contributed by atoms with E-state index in [1.165, 1.54) is 26.0 Å². The SMILES string of the molecule is CC.CC.CC(C)=O.Cc1ccc(N)c([N+](=O)[O-])c1. The van der Waals surface area contributed by atoms with Crippen LogP contribution in [0.5, 0.6) is 0 Å². The van der Waals surface area contributed by atoms with Crippen LogP contribution in [0, 0.1) is 17.0 Å². The first kappa shape index (κ1) is 22.3. The summed E-state index contributed by atoms with van der Waals surface area (Å²) in [5, 5.41) is 10.3. The molecule has 0 fully saturated rings. The molecule has 2 N–H and O–H groups in total. The lowest BCUT2D eigenvalue weighted by Gasteiger charge is -1.96. The Bertz CT molecular complexity index is 373. The smallest absolute Gasteiger partial charge is 0.292 e. The highest BCUT2D eigenvalue weighted by atomic mass is 16.6. The Morgan fingerprint density at radius 1 is 1.16 bits per heavy atom. The van der Waals surface area contributed by atoms with Crippen molar-refractivity contribution < 1.29 is 9.72 Å². The van der Waals surface area contributed by atoms with Gasteiger partial charge in [0, 0.05) is 6.07 Å². The van der Waals surface area contributed by atoms with Crippen molar-refractivity contribution in [2.45, 2.75) is 48.5 Å². The molecule has 5 nitrogen and oxygen atoms in total. The topological polar surface area (TPSA) is 86.2 Å². The Balaban J connectivity index is -0.000000271. The zero-order chi connectivity index (χ0) is 16.0. The molecule has 0 bridgehead atoms. The van der Waals surface area contributed by atoms with Crippen LogP contribution in [-0.4, -0.2) is 10.7 Å². The van der Waals surface area contributed by atoms with Gasteiger partial charge in [-0.25, -0.2) is 0 Å². The molecule has 0 aromatic heterocycles. The van der Waals surface area contributed by atoms with Crippen LogP contribution < -0.4 is 5.73 Å². The van der Waals surface area contributed by atoms with Gasteiger partial charge in [0.2, 0.25) is 0 Å². The molecule has 0 saturated carbocycles. The van der Waals surface area contributed by atoms with Crippen LogP contribution in [0.2, 0.25) is 0 Å². The number of carbonyl (C=O) groups is 1. The zero-order valence-electron chi connectivity index (χ0n) is 13.0. The molecule has 0 aliphatic heterocycles. The Hall–Kier alpha value is -1.91. The fourth-order valence-corrected chi connectivity index (χ4v) is 0.812. The number of nitrogen functional groups attached to an aromatic ring is 1. The highest BCUT2D eigenvalue weighted by Gasteiger charge is 2.09. The molecule has 1 aromatic carbocycles. The Morgan fingerprint density at radius 2 is 1.53 bits per heavy atom. The summed E-state index contributed by atoms with van der Waals surface area (Å²) >= 11 is 0. The molecule has 19 heavy (non-hydrogen) atoms. The average molecular weight is 270 g/mol. The van der Waals surface area contributed by atoms with Gasteiger partial charge in [-0.1, -0.05) is 33.8 Å². The second-order valence-corrected chi connectivity index (χ2v) is 3.23. The van der Waals surface area contributed by atoms with E-state index in [4.69, 9.17) is 5.73 Å². The van der Waals surface area contributed by atoms with Crippen molar-refractivity contribution in [3.8, 4) is 0 Å². The van der Waals surface area contributed by atoms with E-state index in [1.807, 2.05) is 27.7 Å². The molecule has 0 amide bonds. The minimum absolute atomic E-state index is 0.0231. The summed E-state index contributed by atoms with van der Waals surface area (Å²) < 4.78 is 0. The maximum atomic E-state index is 10.3. The molecule has 0 aliphatic carbocycles. The van der Waals surface area contributed by atoms with Gasteiger partial charge in [0.1, 0.15) is 11.5 Å². The lowest BCUT2D eigenvalue weighted by Crippen LogP contribution is -1.95. The van der Waals surface area contributed by atoms with Gasteiger partial charge in [-0.3, -0.25) is 10.1 Å². The predicted molar refractivity (Wildman–Crippen MR) is 81.3 cm³/mol. The summed E-state index contributed by atoms with van der Waals surface area (Å²) in [5.74, 6) is 0.167. The molecule has 0 radical (unpaired) electrons. The number of rotatable bonds is 1. The van der Waals surface area contributed by atoms with Crippen molar-refractivity contribution in [1.82, 2.24) is 0 Å². The van der Waals surface area contributed by atoms with Gasteiger partial charge in [-0.2, -0.15) is 0 Å². The van der Waals surface area contributed by atoms with E-state index in [0.717, 1.165) is 5.56 Å². The lowest BCUT2D eigenvalue weighted by atomic mass is 10.2. The molecule has 0 spiro atoms. The molecule has 0 unspecified atom stereocenters. The predicted octanol–water partition coefficient (Wildman–Crippen LogP) is 4.13. The average Bonchev–Trinajstić information content (AvgIpc) is 2.36. The molecule has 0 aliphatic rings. The normalized spacial score (nSPS) is 7.53. The van der Waals surface area contributed by atoms with E-state index in [0.29, 0.717) is 0 Å². The number of nitrogens with two attached hydrogens (primary N) is 1. The lowest BCUT2D eigenvalue weighted by molar-refractivity contribution is -0.383. The van der Waals surface area contributed by atoms with Crippen molar-refractivity contribution in [2.24, 2.45) is 0 Å². The van der Waals surface area contributed by atoms with Gasteiger partial charge >= 0.3 is 0 Å². The van der Waals surface area contributed by atoms with E-state index in [9.17, 15) is 14.9 Å². The van der Waals surface area contributed by atoms with Crippen LogP contribution >= 0.6 is 0 Å². The molecule has 1 rings (SSSR count). The van der Waals surface area contributed by atoms with Gasteiger partial charge in [0.25, 0.3) is 5.69 Å². The number of nitrogens with zero attached hydrogens (tertiary/aromatic N) is 1. The molecule has 0 atom stereocenters. The third-order valence-electron chi connectivity index (χ3n) is 1.38. The number of hydrogen-bond acceptors (Lipinski definition) is 4. The molecule has 0 saturated heterocycles. The Labute approximate surface area is 116 Å². The minimum Gasteiger partial charge on any atom is -0.393 e. The molecule has 1 aromatic rings. The van der Waals surface area contributed by atoms with Gasteiger partial charge < -0.3 is 10.5 Å². The van der Waals surface area contributed by atoms with Crippen LogP contribution in [0.15, 0.2) is 18.2 Å². The molecule has 110 valence electrons. The van der Waals surface area contributed by atoms with E-state index >= 15 is 0 Å². The number of aryl methyl sites for hydroxylation is 1. The van der Waals surface area contributed by atoms with Crippen LogP contribution in [0.25, 0.3) is 0 Å². The number of carbonyl (C=O) groups excluding carboxylic acids is 1. The van der Waals surface area contributed by atoms with Crippen LogP contribution in [0.1, 0.15) is 47.1 Å². The quantitative estimate of drug-likeness (QED) is 0.472. The minimum atomic E-state index is -0.484. The van der Waals surface area contributed by atoms with Gasteiger partial charge in [-0.15, -0.1) is 0 Å². The monoisotopic (exact) mass is 270 g/mol. The van der Waals surface area contributed by atoms with Crippen LogP contribution in [0.4, 0.5) is 11.4 Å². The number of ketones is 1. The maximum absolute atomic E-state index is 10.3. The number of nitro groups is 1. The second kappa shape index (κ2) is 14.2. The third kappa shape index (κ3) is 14.0. The van der Waals surface area contributed by atoms with Crippen molar-refractivity contribution in [1.29, 1.82) is 0 Å². The fourth-order valence-electron chi connectivity index (χ4n) is 0.812. The summed E-state index contributed by atoms with van der Waals surface area (Å²) in [5.41, 5.74) is 6.37. The number of anilines is 1. The van der Waals surface area contributed by atoms with E-state index in [2.05, 4.69) is 0 Å². The Morgan fingerprint density at radius 3 is 1.79 bits per heavy atom. The van der Waals surface area contributed by atoms with Crippen molar-refractivity contribution in [3.63, 3.8) is 0 Å². The van der Waals surface area contributed by atoms with Gasteiger partial charge in [0.15, 0.2) is 0 Å². The third-order valence-corrected chi connectivity index (χ3v) is 1.38. The summed E-state index contributed by atoms with van der Waals surface area (Å²) in [6.45, 7) is 12.8. The van der Waals surface area contributed by atoms with E-state index in [1.54, 1.807) is 13.0 Å². The summed E-state index contributed by atoms with van der Waals surface area (Å²) in [7, 11) is 0. The number of benzene rings is 1. The van der Waals surface area contributed by atoms with Gasteiger partial charge in [0.05, 0.1) is 4.92 Å². The van der Waals surface area contributed by atoms with Crippen LogP contribution in [-0.2, 0) is 4.79 Å². The summed E-state index contributed by atoms with van der Waals surface area (Å²) in [6.07, 6.45) is 0. The Kier molecular flexibility index (Phi) is 16.6. The first-order valence-electron chi connectivity index (χ1n) is 6.32. The molecule has 0 heterocycles. The standard InChI is InChI=1S/C7H8N2O2.C3H6O.2C2H6/c1-5-2-3-6(8)7(4-5)9(10)11;1-3(2)4;2*1-2/h2-4H,8H2,1H3;1-2H3;2*1-2H3. The molecule has 5 heteroatoms. The fraction of sp³-hybridized carbons (Fsp3) is 0.500. The van der Waals surface area contributed by atoms with E-state index in [-0.39, 0.29) is 17.2 Å². The summed E-state index contributed by atoms with van der Waals surface area (Å²) in [4.78, 5) is 19.3. The zero-order valence-corrected chi connectivity index (χ0v) is 13.0. The number of nitro benzene ring substituents is 1. The van der Waals surface area contributed by atoms with Crippen molar-refractivity contribution in [2.75, 3.05) is 5.73 Å². The first-order chi connectivity index (χ1) is 8.84. The maximum Gasteiger partial charge on any atom is 0.292 e. The molecular formula is C14H26N2O3. The number of Topliss-reactive ketones (excluding diaryl/α,β-unsaturated/α-hetero) is 1. The van der Waals surface area contributed by atoms with E-state index < -0.39 is 4.92 Å².